The summed E-state index contributed by atoms with van der Waals surface area (Å²) in [4.78, 5) is 24.7. The molecule has 9 heteroatoms. The van der Waals surface area contributed by atoms with Gasteiger partial charge in [0.15, 0.2) is 0 Å². The molecular weight excluding hydrogens is 406 g/mol. The van der Waals surface area contributed by atoms with Gasteiger partial charge in [0.25, 0.3) is 0 Å². The summed E-state index contributed by atoms with van der Waals surface area (Å²) in [6.45, 7) is 3.04. The van der Waals surface area contributed by atoms with Crippen LogP contribution in [0.3, 0.4) is 0 Å². The molecule has 0 bridgehead atoms. The highest BCUT2D eigenvalue weighted by molar-refractivity contribution is 5.88. The normalized spacial score (nSPS) is 20.8. The Morgan fingerprint density at radius 3 is 2.62 bits per heavy atom. The highest BCUT2D eigenvalue weighted by Crippen LogP contribution is 2.36. The molecule has 0 aromatic carbocycles. The first-order chi connectivity index (χ1) is 15.6. The molecule has 0 spiro atoms. The van der Waals surface area contributed by atoms with Gasteiger partial charge in [0.1, 0.15) is 17.5 Å². The standard InChI is InChI=1S/C23H25N7O2/c1-25-17-9-18(10-17)30-14-16(11-24)20-2-3-21(27-22(20)30)29-6-4-28(5-7-29)19-8-15(23(31)32)12-26-13-19/h2-3,8,12-14,17-18,25H,4-7,9-10H2,1H3,(H,31,32). The lowest BCUT2D eigenvalue weighted by Crippen LogP contribution is -2.47. The second-order valence-electron chi connectivity index (χ2n) is 8.42. The second-order valence-corrected chi connectivity index (χ2v) is 8.42. The van der Waals surface area contributed by atoms with E-state index in [1.54, 1.807) is 12.3 Å². The van der Waals surface area contributed by atoms with Crippen molar-refractivity contribution in [2.75, 3.05) is 43.0 Å². The number of anilines is 2. The summed E-state index contributed by atoms with van der Waals surface area (Å²) in [5, 5.41) is 23.0. The molecule has 5 rings (SSSR count). The molecule has 2 N–H and O–H groups in total. The molecule has 9 nitrogen and oxygen atoms in total. The predicted molar refractivity (Wildman–Crippen MR) is 121 cm³/mol. The first kappa shape index (κ1) is 20.3. The zero-order valence-corrected chi connectivity index (χ0v) is 17.9. The van der Waals surface area contributed by atoms with E-state index in [0.717, 1.165) is 61.6 Å². The lowest BCUT2D eigenvalue weighted by molar-refractivity contribution is 0.0696. The van der Waals surface area contributed by atoms with Crippen LogP contribution in [0.4, 0.5) is 11.5 Å². The minimum absolute atomic E-state index is 0.197. The molecule has 1 saturated carbocycles. The SMILES string of the molecule is CNC1CC(n2cc(C#N)c3ccc(N4CCN(c5cncc(C(=O)O)c5)CC4)nc32)C1. The van der Waals surface area contributed by atoms with Gasteiger partial charge in [-0.2, -0.15) is 5.26 Å². The van der Waals surface area contributed by atoms with E-state index in [4.69, 9.17) is 4.98 Å². The molecule has 164 valence electrons. The Bertz CT molecular complexity index is 1200. The molecule has 1 aliphatic carbocycles. The van der Waals surface area contributed by atoms with Gasteiger partial charge in [-0.3, -0.25) is 4.98 Å². The van der Waals surface area contributed by atoms with E-state index in [1.165, 1.54) is 6.20 Å². The van der Waals surface area contributed by atoms with Crippen LogP contribution in [0.5, 0.6) is 0 Å². The summed E-state index contributed by atoms with van der Waals surface area (Å²) in [5.41, 5.74) is 2.56. The van der Waals surface area contributed by atoms with Crippen LogP contribution < -0.4 is 15.1 Å². The molecule has 0 radical (unpaired) electrons. The number of carboxylic acids is 1. The number of piperazine rings is 1. The minimum Gasteiger partial charge on any atom is -0.478 e. The molecule has 3 aromatic heterocycles. The number of pyridine rings is 2. The van der Waals surface area contributed by atoms with Crippen molar-refractivity contribution in [3.8, 4) is 6.07 Å². The summed E-state index contributed by atoms with van der Waals surface area (Å²) in [5.74, 6) is -0.0642. The highest BCUT2D eigenvalue weighted by atomic mass is 16.4. The number of nitrogens with zero attached hydrogens (tertiary/aromatic N) is 6. The number of carbonyl (C=O) groups is 1. The lowest BCUT2D eigenvalue weighted by Gasteiger charge is -2.37. The topological polar surface area (TPSA) is 110 Å². The molecule has 1 aliphatic heterocycles. The van der Waals surface area contributed by atoms with Gasteiger partial charge < -0.3 is 24.8 Å². The molecule has 0 unspecified atom stereocenters. The number of hydrogen-bond donors (Lipinski definition) is 2. The number of aromatic carboxylic acids is 1. The van der Waals surface area contributed by atoms with Crippen LogP contribution in [0.2, 0.25) is 0 Å². The molecular formula is C23H25N7O2. The van der Waals surface area contributed by atoms with Gasteiger partial charge in [0.05, 0.1) is 23.0 Å². The Labute approximate surface area is 185 Å². The van der Waals surface area contributed by atoms with Crippen LogP contribution >= 0.6 is 0 Å². The second kappa shape index (κ2) is 8.13. The number of rotatable bonds is 5. The maximum absolute atomic E-state index is 11.2. The fourth-order valence-electron chi connectivity index (χ4n) is 4.62. The van der Waals surface area contributed by atoms with Gasteiger partial charge in [0, 0.05) is 56.0 Å². The van der Waals surface area contributed by atoms with Crippen molar-refractivity contribution in [2.24, 2.45) is 0 Å². The average molecular weight is 432 g/mol. The summed E-state index contributed by atoms with van der Waals surface area (Å²) >= 11 is 0. The smallest absolute Gasteiger partial charge is 0.337 e. The molecule has 32 heavy (non-hydrogen) atoms. The Morgan fingerprint density at radius 2 is 1.94 bits per heavy atom. The van der Waals surface area contributed by atoms with E-state index >= 15 is 0 Å². The van der Waals surface area contributed by atoms with E-state index in [9.17, 15) is 15.2 Å². The molecule has 2 fully saturated rings. The van der Waals surface area contributed by atoms with Crippen molar-refractivity contribution in [2.45, 2.75) is 24.9 Å². The van der Waals surface area contributed by atoms with Crippen molar-refractivity contribution in [3.63, 3.8) is 0 Å². The van der Waals surface area contributed by atoms with Gasteiger partial charge in [-0.05, 0) is 38.1 Å². The van der Waals surface area contributed by atoms with Crippen molar-refractivity contribution in [1.29, 1.82) is 5.26 Å². The largest absolute Gasteiger partial charge is 0.478 e. The number of aromatic nitrogens is 3. The predicted octanol–water partition coefficient (Wildman–Crippen LogP) is 2.25. The van der Waals surface area contributed by atoms with Crippen molar-refractivity contribution >= 4 is 28.5 Å². The van der Waals surface area contributed by atoms with Crippen LogP contribution in [0.1, 0.15) is 34.8 Å². The molecule has 2 aliphatic rings. The maximum Gasteiger partial charge on any atom is 0.337 e. The van der Waals surface area contributed by atoms with Crippen LogP contribution in [0.15, 0.2) is 36.8 Å². The number of fused-ring (bicyclic) bond motifs is 1. The van der Waals surface area contributed by atoms with Gasteiger partial charge >= 0.3 is 5.97 Å². The first-order valence-corrected chi connectivity index (χ1v) is 10.8. The Morgan fingerprint density at radius 1 is 1.19 bits per heavy atom. The zero-order chi connectivity index (χ0) is 22.2. The quantitative estimate of drug-likeness (QED) is 0.633. The number of carboxylic acid groups (broad SMARTS) is 1. The van der Waals surface area contributed by atoms with Crippen molar-refractivity contribution in [3.05, 3.63) is 47.9 Å². The van der Waals surface area contributed by atoms with E-state index in [1.807, 2.05) is 25.4 Å². The third-order valence-corrected chi connectivity index (χ3v) is 6.64. The molecule has 1 saturated heterocycles. The van der Waals surface area contributed by atoms with Crippen LogP contribution in [-0.4, -0.2) is 64.9 Å². The average Bonchev–Trinajstić information content (AvgIpc) is 3.16. The zero-order valence-electron chi connectivity index (χ0n) is 17.9. The molecule has 0 atom stereocenters. The minimum atomic E-state index is -0.970. The Balaban J connectivity index is 1.35. The van der Waals surface area contributed by atoms with E-state index in [0.29, 0.717) is 17.6 Å². The van der Waals surface area contributed by atoms with E-state index in [2.05, 4.69) is 30.7 Å². The van der Waals surface area contributed by atoms with Gasteiger partial charge in [-0.15, -0.1) is 0 Å². The number of hydrogen-bond acceptors (Lipinski definition) is 7. The summed E-state index contributed by atoms with van der Waals surface area (Å²) in [7, 11) is 1.99. The third kappa shape index (κ3) is 3.52. The lowest BCUT2D eigenvalue weighted by atomic mass is 9.87. The number of nitrogens with one attached hydrogen (secondary N) is 1. The summed E-state index contributed by atoms with van der Waals surface area (Å²) in [6, 6.07) is 8.87. The van der Waals surface area contributed by atoms with E-state index < -0.39 is 5.97 Å². The number of nitriles is 1. The highest BCUT2D eigenvalue weighted by Gasteiger charge is 2.31. The van der Waals surface area contributed by atoms with Crippen LogP contribution in [-0.2, 0) is 0 Å². The van der Waals surface area contributed by atoms with Gasteiger partial charge in [0.2, 0.25) is 0 Å². The Hall–Kier alpha value is -3.64. The fourth-order valence-corrected chi connectivity index (χ4v) is 4.62. The molecule has 3 aromatic rings. The summed E-state index contributed by atoms with van der Waals surface area (Å²) in [6.07, 6.45) is 7.10. The van der Waals surface area contributed by atoms with Crippen LogP contribution in [0.25, 0.3) is 11.0 Å². The molecule has 4 heterocycles. The third-order valence-electron chi connectivity index (χ3n) is 6.64. The molecule has 0 amide bonds. The van der Waals surface area contributed by atoms with E-state index in [-0.39, 0.29) is 5.56 Å². The first-order valence-electron chi connectivity index (χ1n) is 10.8. The summed E-state index contributed by atoms with van der Waals surface area (Å²) < 4.78 is 2.17. The van der Waals surface area contributed by atoms with Gasteiger partial charge in [-0.1, -0.05) is 0 Å². The Kier molecular flexibility index (Phi) is 5.15. The van der Waals surface area contributed by atoms with Crippen LogP contribution in [0, 0.1) is 11.3 Å². The fraction of sp³-hybridized carbons (Fsp3) is 0.391. The monoisotopic (exact) mass is 431 g/mol. The van der Waals surface area contributed by atoms with Crippen molar-refractivity contribution in [1.82, 2.24) is 19.9 Å². The van der Waals surface area contributed by atoms with Crippen molar-refractivity contribution < 1.29 is 9.90 Å². The van der Waals surface area contributed by atoms with Gasteiger partial charge in [-0.25, -0.2) is 9.78 Å². The maximum atomic E-state index is 11.2.